The van der Waals surface area contributed by atoms with E-state index in [0.717, 1.165) is 0 Å². The Morgan fingerprint density at radius 2 is 2.15 bits per heavy atom. The summed E-state index contributed by atoms with van der Waals surface area (Å²) in [6.45, 7) is 1.76. The van der Waals surface area contributed by atoms with Gasteiger partial charge >= 0.3 is 5.97 Å². The van der Waals surface area contributed by atoms with Crippen molar-refractivity contribution in [3.8, 4) is 11.5 Å². The van der Waals surface area contributed by atoms with Gasteiger partial charge in [-0.1, -0.05) is 0 Å². The lowest BCUT2D eigenvalue weighted by molar-refractivity contribution is 0.0559. The number of hydrogen-bond acceptors (Lipinski definition) is 5. The number of ether oxygens (including phenoxy) is 2. The van der Waals surface area contributed by atoms with Gasteiger partial charge in [0, 0.05) is 12.7 Å². The van der Waals surface area contributed by atoms with Gasteiger partial charge in [-0.15, -0.1) is 0 Å². The molecule has 0 N–H and O–H groups in total. The zero-order chi connectivity index (χ0) is 14.7. The van der Waals surface area contributed by atoms with Gasteiger partial charge in [0.25, 0.3) is 0 Å². The SMILES string of the molecule is COCc1nc(-c2ccc(F)c(C)c2)oc1C(=O)OC. The molecule has 1 heterocycles. The van der Waals surface area contributed by atoms with E-state index in [1.54, 1.807) is 13.0 Å². The van der Waals surface area contributed by atoms with E-state index in [4.69, 9.17) is 9.15 Å². The predicted molar refractivity (Wildman–Crippen MR) is 68.7 cm³/mol. The highest BCUT2D eigenvalue weighted by atomic mass is 19.1. The minimum atomic E-state index is -0.630. The van der Waals surface area contributed by atoms with Crippen LogP contribution < -0.4 is 0 Å². The molecule has 0 fully saturated rings. The number of nitrogens with zero attached hydrogens (tertiary/aromatic N) is 1. The molecule has 0 aliphatic rings. The van der Waals surface area contributed by atoms with E-state index in [0.29, 0.717) is 16.8 Å². The maximum absolute atomic E-state index is 13.3. The third-order valence-corrected chi connectivity index (χ3v) is 2.75. The first-order valence-corrected chi connectivity index (χ1v) is 5.90. The monoisotopic (exact) mass is 279 g/mol. The molecule has 0 unspecified atom stereocenters. The van der Waals surface area contributed by atoms with Gasteiger partial charge in [-0.05, 0) is 30.7 Å². The second-order valence-electron chi connectivity index (χ2n) is 4.18. The van der Waals surface area contributed by atoms with Gasteiger partial charge in [-0.3, -0.25) is 0 Å². The highest BCUT2D eigenvalue weighted by Crippen LogP contribution is 2.24. The zero-order valence-electron chi connectivity index (χ0n) is 11.4. The number of rotatable bonds is 4. The molecule has 0 amide bonds. The lowest BCUT2D eigenvalue weighted by Gasteiger charge is -1.99. The average molecular weight is 279 g/mol. The molecule has 0 radical (unpaired) electrons. The van der Waals surface area contributed by atoms with Crippen LogP contribution in [0.25, 0.3) is 11.5 Å². The normalized spacial score (nSPS) is 10.6. The minimum Gasteiger partial charge on any atom is -0.463 e. The number of aromatic nitrogens is 1. The smallest absolute Gasteiger partial charge is 0.376 e. The summed E-state index contributed by atoms with van der Waals surface area (Å²) in [5.74, 6) is -0.730. The van der Waals surface area contributed by atoms with Crippen LogP contribution in [-0.2, 0) is 16.1 Å². The molecule has 0 spiro atoms. The number of aryl methyl sites for hydroxylation is 1. The number of halogens is 1. The Bertz CT molecular complexity index is 636. The van der Waals surface area contributed by atoms with Crippen molar-refractivity contribution in [2.45, 2.75) is 13.5 Å². The summed E-state index contributed by atoms with van der Waals surface area (Å²) in [5.41, 5.74) is 1.39. The summed E-state index contributed by atoms with van der Waals surface area (Å²) >= 11 is 0. The molecule has 0 bridgehead atoms. The molecule has 106 valence electrons. The highest BCUT2D eigenvalue weighted by Gasteiger charge is 2.21. The van der Waals surface area contributed by atoms with Gasteiger partial charge in [0.2, 0.25) is 11.7 Å². The van der Waals surface area contributed by atoms with Crippen LogP contribution in [0.2, 0.25) is 0 Å². The number of carbonyl (C=O) groups excluding carboxylic acids is 1. The Morgan fingerprint density at radius 1 is 1.40 bits per heavy atom. The number of carbonyl (C=O) groups is 1. The van der Waals surface area contributed by atoms with Crippen LogP contribution in [0.1, 0.15) is 21.8 Å². The fourth-order valence-corrected chi connectivity index (χ4v) is 1.74. The molecule has 2 aromatic rings. The highest BCUT2D eigenvalue weighted by molar-refractivity contribution is 5.87. The van der Waals surface area contributed by atoms with E-state index in [1.807, 2.05) is 0 Å². The lowest BCUT2D eigenvalue weighted by Crippen LogP contribution is -2.04. The maximum atomic E-state index is 13.3. The standard InChI is InChI=1S/C14H14FNO4/c1-8-6-9(4-5-10(8)15)13-16-11(7-18-2)12(20-13)14(17)19-3/h4-6H,7H2,1-3H3. The van der Waals surface area contributed by atoms with E-state index in [2.05, 4.69) is 9.72 Å². The van der Waals surface area contributed by atoms with Gasteiger partial charge in [-0.2, -0.15) is 0 Å². The number of hydrogen-bond donors (Lipinski definition) is 0. The van der Waals surface area contributed by atoms with Crippen molar-refractivity contribution in [2.24, 2.45) is 0 Å². The van der Waals surface area contributed by atoms with Crippen molar-refractivity contribution >= 4 is 5.97 Å². The first kappa shape index (κ1) is 14.2. The second kappa shape index (κ2) is 5.83. The molecular weight excluding hydrogens is 265 g/mol. The van der Waals surface area contributed by atoms with Crippen molar-refractivity contribution < 1.29 is 23.1 Å². The van der Waals surface area contributed by atoms with Crippen LogP contribution >= 0.6 is 0 Å². The molecule has 6 heteroatoms. The molecule has 20 heavy (non-hydrogen) atoms. The molecule has 2 rings (SSSR count). The molecule has 0 saturated heterocycles. The average Bonchev–Trinajstić information content (AvgIpc) is 2.85. The van der Waals surface area contributed by atoms with Gasteiger partial charge < -0.3 is 13.9 Å². The summed E-state index contributed by atoms with van der Waals surface area (Å²) in [7, 11) is 2.74. The van der Waals surface area contributed by atoms with E-state index in [9.17, 15) is 9.18 Å². The van der Waals surface area contributed by atoms with Crippen molar-refractivity contribution in [1.82, 2.24) is 4.98 Å². The van der Waals surface area contributed by atoms with Crippen molar-refractivity contribution in [3.05, 3.63) is 41.0 Å². The Hall–Kier alpha value is -2.21. The van der Waals surface area contributed by atoms with Crippen LogP contribution in [0, 0.1) is 12.7 Å². The first-order valence-electron chi connectivity index (χ1n) is 5.90. The van der Waals surface area contributed by atoms with E-state index < -0.39 is 5.97 Å². The first-order chi connectivity index (χ1) is 9.56. The Labute approximate surface area is 115 Å². The van der Waals surface area contributed by atoms with E-state index in [-0.39, 0.29) is 24.1 Å². The van der Waals surface area contributed by atoms with Crippen molar-refractivity contribution in [1.29, 1.82) is 0 Å². The summed E-state index contributed by atoms with van der Waals surface area (Å²) in [4.78, 5) is 15.8. The van der Waals surface area contributed by atoms with Gasteiger partial charge in [0.1, 0.15) is 11.5 Å². The van der Waals surface area contributed by atoms with E-state index in [1.165, 1.54) is 26.4 Å². The topological polar surface area (TPSA) is 61.6 Å². The third kappa shape index (κ3) is 2.70. The largest absolute Gasteiger partial charge is 0.463 e. The fourth-order valence-electron chi connectivity index (χ4n) is 1.74. The molecular formula is C14H14FNO4. The second-order valence-corrected chi connectivity index (χ2v) is 4.18. The van der Waals surface area contributed by atoms with Crippen LogP contribution in [0.4, 0.5) is 4.39 Å². The number of methoxy groups -OCH3 is 2. The number of benzene rings is 1. The molecule has 0 saturated carbocycles. The van der Waals surface area contributed by atoms with Gasteiger partial charge in [0.15, 0.2) is 0 Å². The quantitative estimate of drug-likeness (QED) is 0.805. The summed E-state index contributed by atoms with van der Waals surface area (Å²) in [5, 5.41) is 0. The molecule has 0 atom stereocenters. The maximum Gasteiger partial charge on any atom is 0.376 e. The summed E-state index contributed by atoms with van der Waals surface area (Å²) in [6.07, 6.45) is 0. The van der Waals surface area contributed by atoms with Crippen LogP contribution in [0.5, 0.6) is 0 Å². The minimum absolute atomic E-state index is 0.00803. The molecule has 1 aromatic carbocycles. The lowest BCUT2D eigenvalue weighted by atomic mass is 10.1. The van der Waals surface area contributed by atoms with Crippen LogP contribution in [0.3, 0.4) is 0 Å². The van der Waals surface area contributed by atoms with Gasteiger partial charge in [-0.25, -0.2) is 14.2 Å². The molecule has 0 aliphatic carbocycles. The Morgan fingerprint density at radius 3 is 2.75 bits per heavy atom. The number of oxazole rings is 1. The van der Waals surface area contributed by atoms with Crippen molar-refractivity contribution in [3.63, 3.8) is 0 Å². The summed E-state index contributed by atoms with van der Waals surface area (Å²) in [6, 6.07) is 4.45. The van der Waals surface area contributed by atoms with E-state index >= 15 is 0 Å². The predicted octanol–water partition coefficient (Wildman–Crippen LogP) is 2.72. The fraction of sp³-hybridized carbons (Fsp3) is 0.286. The van der Waals surface area contributed by atoms with Crippen molar-refractivity contribution in [2.75, 3.05) is 14.2 Å². The Kier molecular flexibility index (Phi) is 4.14. The summed E-state index contributed by atoms with van der Waals surface area (Å²) < 4.78 is 28.3. The van der Waals surface area contributed by atoms with Crippen LogP contribution in [0.15, 0.2) is 22.6 Å². The van der Waals surface area contributed by atoms with Gasteiger partial charge in [0.05, 0.1) is 13.7 Å². The Balaban J connectivity index is 2.46. The molecule has 1 aromatic heterocycles. The molecule has 5 nitrogen and oxygen atoms in total. The van der Waals surface area contributed by atoms with Crippen LogP contribution in [-0.4, -0.2) is 25.2 Å². The zero-order valence-corrected chi connectivity index (χ0v) is 11.4. The third-order valence-electron chi connectivity index (χ3n) is 2.75. The molecule has 0 aliphatic heterocycles. The number of esters is 1.